The summed E-state index contributed by atoms with van der Waals surface area (Å²) in [6.45, 7) is 1.49. The summed E-state index contributed by atoms with van der Waals surface area (Å²) in [4.78, 5) is 29.5. The number of nitrogens with one attached hydrogen (secondary N) is 1. The summed E-state index contributed by atoms with van der Waals surface area (Å²) >= 11 is 0. The number of hydrogen-bond acceptors (Lipinski definition) is 5. The second kappa shape index (κ2) is 8.36. The van der Waals surface area contributed by atoms with Crippen LogP contribution in [0.4, 0.5) is 5.69 Å². The standard InChI is InChI=1S/C25H20N2O4S/c1-16(28)17-7-11-19(12-8-17)26-25(29)22-15-24(27-23-6-4-3-5-21(22)23)18-9-13-20(14-10-18)32(2,30)31/h3-15H,1-2H3,(H,26,29). The SMILES string of the molecule is CC(=O)c1ccc(NC(=O)c2cc(-c3ccc(S(C)(=O)=O)cc3)nc3ccccc23)cc1. The highest BCUT2D eigenvalue weighted by atomic mass is 32.2. The highest BCUT2D eigenvalue weighted by molar-refractivity contribution is 7.90. The number of para-hydroxylation sites is 1. The van der Waals surface area contributed by atoms with Crippen LogP contribution in [0.1, 0.15) is 27.6 Å². The molecule has 0 spiro atoms. The molecule has 0 radical (unpaired) electrons. The number of hydrogen-bond donors (Lipinski definition) is 1. The molecule has 0 aliphatic rings. The first-order chi connectivity index (χ1) is 15.2. The first kappa shape index (κ1) is 21.4. The van der Waals surface area contributed by atoms with Gasteiger partial charge in [-0.2, -0.15) is 0 Å². The minimum absolute atomic E-state index is 0.0467. The Balaban J connectivity index is 1.73. The maximum absolute atomic E-state index is 13.1. The monoisotopic (exact) mass is 444 g/mol. The number of carbonyl (C=O) groups is 2. The third kappa shape index (κ3) is 4.43. The van der Waals surface area contributed by atoms with E-state index in [-0.39, 0.29) is 16.6 Å². The number of nitrogens with zero attached hydrogens (tertiary/aromatic N) is 1. The van der Waals surface area contributed by atoms with Gasteiger partial charge in [-0.05, 0) is 55.5 Å². The van der Waals surface area contributed by atoms with Gasteiger partial charge in [-0.1, -0.05) is 30.3 Å². The third-order valence-electron chi connectivity index (χ3n) is 5.09. The van der Waals surface area contributed by atoms with Crippen molar-refractivity contribution in [3.05, 3.63) is 90.0 Å². The summed E-state index contributed by atoms with van der Waals surface area (Å²) in [5.41, 5.74) is 3.48. The Morgan fingerprint density at radius 1 is 0.875 bits per heavy atom. The molecule has 1 N–H and O–H groups in total. The lowest BCUT2D eigenvalue weighted by atomic mass is 10.0. The van der Waals surface area contributed by atoms with Crippen molar-refractivity contribution >= 4 is 38.1 Å². The fourth-order valence-corrected chi connectivity index (χ4v) is 4.00. The Bertz CT molecular complexity index is 1440. The van der Waals surface area contributed by atoms with E-state index in [0.717, 1.165) is 6.26 Å². The van der Waals surface area contributed by atoms with E-state index < -0.39 is 9.84 Å². The number of fused-ring (bicyclic) bond motifs is 1. The zero-order valence-corrected chi connectivity index (χ0v) is 18.3. The highest BCUT2D eigenvalue weighted by Crippen LogP contribution is 2.26. The number of sulfone groups is 1. The Hall–Kier alpha value is -3.84. The van der Waals surface area contributed by atoms with Gasteiger partial charge in [0, 0.05) is 28.5 Å². The molecule has 0 saturated carbocycles. The number of benzene rings is 3. The van der Waals surface area contributed by atoms with Crippen molar-refractivity contribution in [2.75, 3.05) is 11.6 Å². The van der Waals surface area contributed by atoms with E-state index in [0.29, 0.717) is 39.0 Å². The molecule has 0 bridgehead atoms. The Morgan fingerprint density at radius 3 is 2.16 bits per heavy atom. The normalized spacial score (nSPS) is 11.3. The topological polar surface area (TPSA) is 93.2 Å². The maximum atomic E-state index is 13.1. The number of anilines is 1. The van der Waals surface area contributed by atoms with Crippen LogP contribution in [0.5, 0.6) is 0 Å². The van der Waals surface area contributed by atoms with Crippen molar-refractivity contribution in [2.24, 2.45) is 0 Å². The average Bonchev–Trinajstić information content (AvgIpc) is 2.78. The van der Waals surface area contributed by atoms with Crippen LogP contribution in [0, 0.1) is 0 Å². The predicted molar refractivity (Wildman–Crippen MR) is 125 cm³/mol. The van der Waals surface area contributed by atoms with E-state index >= 15 is 0 Å². The molecule has 3 aromatic carbocycles. The van der Waals surface area contributed by atoms with Crippen molar-refractivity contribution < 1.29 is 18.0 Å². The average molecular weight is 445 g/mol. The van der Waals surface area contributed by atoms with Gasteiger partial charge in [-0.25, -0.2) is 13.4 Å². The van der Waals surface area contributed by atoms with Gasteiger partial charge < -0.3 is 5.32 Å². The molecule has 7 heteroatoms. The number of Topliss-reactive ketones (excluding diaryl/α,β-unsaturated/α-hetero) is 1. The van der Waals surface area contributed by atoms with Crippen LogP contribution in [-0.4, -0.2) is 31.3 Å². The van der Waals surface area contributed by atoms with Gasteiger partial charge in [0.1, 0.15) is 0 Å². The molecule has 1 amide bonds. The molecular weight excluding hydrogens is 424 g/mol. The summed E-state index contributed by atoms with van der Waals surface area (Å²) < 4.78 is 23.5. The van der Waals surface area contributed by atoms with Gasteiger partial charge in [0.25, 0.3) is 5.91 Å². The summed E-state index contributed by atoms with van der Waals surface area (Å²) in [6.07, 6.45) is 1.15. The number of amides is 1. The van der Waals surface area contributed by atoms with Crippen molar-refractivity contribution in [1.82, 2.24) is 4.98 Å². The van der Waals surface area contributed by atoms with Gasteiger partial charge in [-0.15, -0.1) is 0 Å². The zero-order chi connectivity index (χ0) is 22.9. The van der Waals surface area contributed by atoms with Gasteiger partial charge in [0.05, 0.1) is 21.7 Å². The van der Waals surface area contributed by atoms with Crippen molar-refractivity contribution in [1.29, 1.82) is 0 Å². The molecular formula is C25H20N2O4S. The van der Waals surface area contributed by atoms with Crippen molar-refractivity contribution in [3.8, 4) is 11.3 Å². The number of pyridine rings is 1. The molecule has 4 aromatic rings. The molecule has 0 atom stereocenters. The van der Waals surface area contributed by atoms with Gasteiger partial charge in [0.15, 0.2) is 15.6 Å². The molecule has 6 nitrogen and oxygen atoms in total. The molecule has 0 unspecified atom stereocenters. The molecule has 0 fully saturated rings. The van der Waals surface area contributed by atoms with E-state index in [2.05, 4.69) is 10.3 Å². The number of aromatic nitrogens is 1. The van der Waals surface area contributed by atoms with Crippen molar-refractivity contribution in [2.45, 2.75) is 11.8 Å². The van der Waals surface area contributed by atoms with Gasteiger partial charge in [0.2, 0.25) is 0 Å². The fraction of sp³-hybridized carbons (Fsp3) is 0.0800. The van der Waals surface area contributed by atoms with E-state index in [1.807, 2.05) is 24.3 Å². The minimum Gasteiger partial charge on any atom is -0.322 e. The smallest absolute Gasteiger partial charge is 0.256 e. The predicted octanol–water partition coefficient (Wildman–Crippen LogP) is 4.76. The van der Waals surface area contributed by atoms with Crippen LogP contribution in [0.15, 0.2) is 83.8 Å². The van der Waals surface area contributed by atoms with Crippen LogP contribution in [0.2, 0.25) is 0 Å². The van der Waals surface area contributed by atoms with Crippen molar-refractivity contribution in [3.63, 3.8) is 0 Å². The van der Waals surface area contributed by atoms with E-state index in [1.165, 1.54) is 19.1 Å². The van der Waals surface area contributed by atoms with Gasteiger partial charge >= 0.3 is 0 Å². The lowest BCUT2D eigenvalue weighted by molar-refractivity contribution is 0.101. The molecule has 1 aromatic heterocycles. The van der Waals surface area contributed by atoms with Crippen LogP contribution >= 0.6 is 0 Å². The zero-order valence-electron chi connectivity index (χ0n) is 17.5. The Morgan fingerprint density at radius 2 is 1.53 bits per heavy atom. The first-order valence-corrected chi connectivity index (χ1v) is 11.7. The third-order valence-corrected chi connectivity index (χ3v) is 6.22. The quantitative estimate of drug-likeness (QED) is 0.448. The lowest BCUT2D eigenvalue weighted by Gasteiger charge is -2.11. The largest absolute Gasteiger partial charge is 0.322 e. The van der Waals surface area contributed by atoms with Crippen LogP contribution < -0.4 is 5.32 Å². The summed E-state index contributed by atoms with van der Waals surface area (Å²) in [5, 5.41) is 3.56. The van der Waals surface area contributed by atoms with E-state index in [9.17, 15) is 18.0 Å². The first-order valence-electron chi connectivity index (χ1n) is 9.85. The summed E-state index contributed by atoms with van der Waals surface area (Å²) in [7, 11) is -3.31. The van der Waals surface area contributed by atoms with E-state index in [1.54, 1.807) is 42.5 Å². The number of carbonyl (C=O) groups excluding carboxylic acids is 2. The van der Waals surface area contributed by atoms with Crippen LogP contribution in [-0.2, 0) is 9.84 Å². The second-order valence-corrected chi connectivity index (χ2v) is 9.47. The van der Waals surface area contributed by atoms with Gasteiger partial charge in [-0.3, -0.25) is 9.59 Å². The van der Waals surface area contributed by atoms with E-state index in [4.69, 9.17) is 0 Å². The Kier molecular flexibility index (Phi) is 5.59. The maximum Gasteiger partial charge on any atom is 0.256 e. The lowest BCUT2D eigenvalue weighted by Crippen LogP contribution is -2.13. The molecule has 4 rings (SSSR count). The highest BCUT2D eigenvalue weighted by Gasteiger charge is 2.15. The summed E-state index contributed by atoms with van der Waals surface area (Å²) in [5.74, 6) is -0.359. The molecule has 0 aliphatic heterocycles. The number of rotatable bonds is 5. The fourth-order valence-electron chi connectivity index (χ4n) is 3.37. The molecule has 1 heterocycles. The molecule has 160 valence electrons. The number of ketones is 1. The minimum atomic E-state index is -3.31. The molecule has 32 heavy (non-hydrogen) atoms. The van der Waals surface area contributed by atoms with Crippen LogP contribution in [0.3, 0.4) is 0 Å². The Labute approximate surface area is 185 Å². The molecule has 0 saturated heterocycles. The summed E-state index contributed by atoms with van der Waals surface area (Å²) in [6, 6.07) is 22.1. The van der Waals surface area contributed by atoms with Crippen LogP contribution in [0.25, 0.3) is 22.2 Å². The second-order valence-electron chi connectivity index (χ2n) is 7.46. The molecule has 0 aliphatic carbocycles.